The van der Waals surface area contributed by atoms with Crippen LogP contribution in [0.2, 0.25) is 0 Å². The molecule has 150 valence electrons. The Kier molecular flexibility index (Phi) is 9.07. The van der Waals surface area contributed by atoms with E-state index in [0.29, 0.717) is 0 Å². The molecule has 1 atom stereocenters. The van der Waals surface area contributed by atoms with Crippen LogP contribution in [0.3, 0.4) is 0 Å². The van der Waals surface area contributed by atoms with Crippen molar-refractivity contribution in [3.05, 3.63) is 0 Å². The zero-order chi connectivity index (χ0) is 20.1. The highest BCUT2D eigenvalue weighted by Crippen LogP contribution is 2.48. The largest absolute Gasteiger partial charge is 0.465 e. The van der Waals surface area contributed by atoms with Gasteiger partial charge in [0.05, 0.1) is 6.61 Å². The molecule has 0 saturated carbocycles. The molecule has 0 aliphatic rings. The molecule has 0 N–H and O–H groups in total. The van der Waals surface area contributed by atoms with E-state index in [4.69, 9.17) is 4.74 Å². The minimum Gasteiger partial charge on any atom is -0.465 e. The molecule has 0 aromatic heterocycles. The summed E-state index contributed by atoms with van der Waals surface area (Å²) in [4.78, 5) is 11.9. The van der Waals surface area contributed by atoms with Crippen LogP contribution in [0, 0.1) is 11.8 Å². The van der Waals surface area contributed by atoms with E-state index in [1.54, 1.807) is 13.8 Å². The summed E-state index contributed by atoms with van der Waals surface area (Å²) in [5, 5.41) is -0.699. The summed E-state index contributed by atoms with van der Waals surface area (Å²) in [6.07, 6.45) is -8.53. The van der Waals surface area contributed by atoms with Crippen molar-refractivity contribution in [2.24, 2.45) is 11.8 Å². The quantitative estimate of drug-likeness (QED) is 0.273. The van der Waals surface area contributed by atoms with Crippen LogP contribution in [-0.4, -0.2) is 41.6 Å². The third-order valence-corrected chi connectivity index (χ3v) is 4.76. The van der Waals surface area contributed by atoms with Gasteiger partial charge in [0.25, 0.3) is 0 Å². The topological polar surface area (TPSA) is 26.3 Å². The monoisotopic (exact) mass is 400 g/mol. The number of ether oxygens (including phenoxy) is 1. The van der Waals surface area contributed by atoms with Gasteiger partial charge in [0, 0.05) is 6.42 Å². The van der Waals surface area contributed by atoms with Crippen molar-refractivity contribution in [2.45, 2.75) is 63.8 Å². The van der Waals surface area contributed by atoms with E-state index in [1.165, 1.54) is 0 Å². The van der Waals surface area contributed by atoms with E-state index < -0.39 is 42.1 Å². The second-order valence-corrected chi connectivity index (χ2v) is 7.69. The molecule has 0 amide bonds. The molecule has 0 heterocycles. The van der Waals surface area contributed by atoms with E-state index in [0.717, 1.165) is 11.8 Å². The van der Waals surface area contributed by atoms with Crippen LogP contribution in [-0.2, 0) is 9.53 Å². The van der Waals surface area contributed by atoms with Crippen molar-refractivity contribution < 1.29 is 40.3 Å². The maximum atomic E-state index is 13.2. The van der Waals surface area contributed by atoms with E-state index in [2.05, 4.69) is 0 Å². The number of carbonyl (C=O) groups is 1. The molecule has 0 radical (unpaired) electrons. The number of halogens is 7. The number of rotatable bonds is 10. The van der Waals surface area contributed by atoms with E-state index in [-0.39, 0.29) is 24.2 Å². The summed E-state index contributed by atoms with van der Waals surface area (Å²) in [6.45, 7) is 7.22. The van der Waals surface area contributed by atoms with Gasteiger partial charge < -0.3 is 4.74 Å². The van der Waals surface area contributed by atoms with Crippen molar-refractivity contribution in [3.8, 4) is 0 Å². The predicted molar refractivity (Wildman–Crippen MR) is 82.1 cm³/mol. The Balaban J connectivity index is 4.59. The predicted octanol–water partition coefficient (Wildman–Crippen LogP) is 5.56. The first-order valence-electron chi connectivity index (χ1n) is 7.74. The van der Waals surface area contributed by atoms with Gasteiger partial charge in [-0.2, -0.15) is 30.7 Å². The molecule has 0 aliphatic carbocycles. The van der Waals surface area contributed by atoms with Gasteiger partial charge in [-0.05, 0) is 24.0 Å². The summed E-state index contributed by atoms with van der Waals surface area (Å²) in [7, 11) is 0. The first-order chi connectivity index (χ1) is 11.1. The summed E-state index contributed by atoms with van der Waals surface area (Å²) in [5.41, 5.74) is 0. The summed E-state index contributed by atoms with van der Waals surface area (Å²) in [6, 6.07) is 0. The maximum absolute atomic E-state index is 13.2. The summed E-state index contributed by atoms with van der Waals surface area (Å²) >= 11 is 0.914. The summed E-state index contributed by atoms with van der Waals surface area (Å²) in [5.74, 6) is -12.1. The molecular formula is C15H23F7O2S. The Morgan fingerprint density at radius 1 is 1.00 bits per heavy atom. The standard InChI is InChI=1S/C15H23F7O2S/c1-9(2)8-24-12(23)11(10(3)4)25-7-5-6-13(16,17)14(18,19)15(20,21)22/h9-11H,5-8H2,1-4H3. The minimum atomic E-state index is -6.31. The molecule has 1 unspecified atom stereocenters. The Morgan fingerprint density at radius 2 is 1.52 bits per heavy atom. The Hall–Kier alpha value is -0.670. The van der Waals surface area contributed by atoms with Crippen LogP contribution in [0.4, 0.5) is 30.7 Å². The number of esters is 1. The highest BCUT2D eigenvalue weighted by molar-refractivity contribution is 8.00. The van der Waals surface area contributed by atoms with Crippen LogP contribution in [0.15, 0.2) is 0 Å². The highest BCUT2D eigenvalue weighted by Gasteiger charge is 2.72. The molecule has 0 saturated heterocycles. The van der Waals surface area contributed by atoms with Crippen molar-refractivity contribution in [1.82, 2.24) is 0 Å². The lowest BCUT2D eigenvalue weighted by Crippen LogP contribution is -2.51. The Morgan fingerprint density at radius 3 is 1.92 bits per heavy atom. The molecule has 0 rings (SSSR count). The Labute approximate surface area is 146 Å². The van der Waals surface area contributed by atoms with E-state index in [1.807, 2.05) is 13.8 Å². The normalized spacial score (nSPS) is 14.9. The fraction of sp³-hybridized carbons (Fsp3) is 0.933. The molecule has 25 heavy (non-hydrogen) atoms. The van der Waals surface area contributed by atoms with Crippen molar-refractivity contribution >= 4 is 17.7 Å². The average Bonchev–Trinajstić information content (AvgIpc) is 2.42. The average molecular weight is 400 g/mol. The first kappa shape index (κ1) is 24.3. The zero-order valence-corrected chi connectivity index (χ0v) is 15.2. The van der Waals surface area contributed by atoms with Crippen molar-refractivity contribution in [3.63, 3.8) is 0 Å². The number of hydrogen-bond acceptors (Lipinski definition) is 3. The lowest BCUT2D eigenvalue weighted by Gasteiger charge is -2.28. The van der Waals surface area contributed by atoms with Crippen LogP contribution in [0.1, 0.15) is 40.5 Å². The van der Waals surface area contributed by atoms with Gasteiger partial charge >= 0.3 is 24.0 Å². The van der Waals surface area contributed by atoms with Gasteiger partial charge in [0.15, 0.2) is 0 Å². The van der Waals surface area contributed by atoms with Crippen LogP contribution in [0.5, 0.6) is 0 Å². The van der Waals surface area contributed by atoms with Gasteiger partial charge in [-0.3, -0.25) is 4.79 Å². The minimum absolute atomic E-state index is 0.102. The number of carbonyl (C=O) groups excluding carboxylic acids is 1. The van der Waals surface area contributed by atoms with Crippen LogP contribution in [0.25, 0.3) is 0 Å². The van der Waals surface area contributed by atoms with Crippen LogP contribution >= 0.6 is 11.8 Å². The number of thioether (sulfide) groups is 1. The second-order valence-electron chi connectivity index (χ2n) is 6.44. The van der Waals surface area contributed by atoms with Gasteiger partial charge in [0.2, 0.25) is 0 Å². The van der Waals surface area contributed by atoms with E-state index in [9.17, 15) is 35.5 Å². The molecular weight excluding hydrogens is 377 g/mol. The molecule has 0 spiro atoms. The molecule has 2 nitrogen and oxygen atoms in total. The van der Waals surface area contributed by atoms with Gasteiger partial charge in [0.1, 0.15) is 5.25 Å². The third kappa shape index (κ3) is 7.22. The molecule has 0 bridgehead atoms. The number of alkyl halides is 7. The van der Waals surface area contributed by atoms with Gasteiger partial charge in [-0.25, -0.2) is 0 Å². The molecule has 0 aliphatic heterocycles. The molecule has 0 aromatic carbocycles. The fourth-order valence-electron chi connectivity index (χ4n) is 1.73. The highest BCUT2D eigenvalue weighted by atomic mass is 32.2. The zero-order valence-electron chi connectivity index (χ0n) is 14.4. The summed E-state index contributed by atoms with van der Waals surface area (Å²) < 4.78 is 93.0. The van der Waals surface area contributed by atoms with Crippen molar-refractivity contribution in [2.75, 3.05) is 12.4 Å². The molecule has 10 heteroatoms. The molecule has 0 fully saturated rings. The first-order valence-corrected chi connectivity index (χ1v) is 8.79. The lowest BCUT2D eigenvalue weighted by molar-refractivity contribution is -0.355. The second kappa shape index (κ2) is 9.32. The van der Waals surface area contributed by atoms with Crippen molar-refractivity contribution in [1.29, 1.82) is 0 Å². The van der Waals surface area contributed by atoms with Gasteiger partial charge in [-0.15, -0.1) is 11.8 Å². The fourth-order valence-corrected chi connectivity index (χ4v) is 2.89. The molecule has 0 aromatic rings. The van der Waals surface area contributed by atoms with Crippen LogP contribution < -0.4 is 0 Å². The maximum Gasteiger partial charge on any atom is 0.459 e. The SMILES string of the molecule is CC(C)COC(=O)C(SCCCC(F)(F)C(F)(F)C(F)(F)F)C(C)C. The smallest absolute Gasteiger partial charge is 0.459 e. The lowest BCUT2D eigenvalue weighted by atomic mass is 10.1. The van der Waals surface area contributed by atoms with E-state index >= 15 is 0 Å². The van der Waals surface area contributed by atoms with Gasteiger partial charge in [-0.1, -0.05) is 27.7 Å². The Bertz CT molecular complexity index is 423. The number of hydrogen-bond donors (Lipinski definition) is 0. The third-order valence-electron chi connectivity index (χ3n) is 3.14.